The van der Waals surface area contributed by atoms with Gasteiger partial charge in [-0.2, -0.15) is 5.10 Å². The topological polar surface area (TPSA) is 186 Å². The quantitative estimate of drug-likeness (QED) is 0.226. The molecule has 14 nitrogen and oxygen atoms in total. The number of amides is 4. The summed E-state index contributed by atoms with van der Waals surface area (Å²) in [5, 5.41) is 9.54. The molecule has 16 heteroatoms. The number of carbonyl (C=O) groups excluding carboxylic acids is 4. The van der Waals surface area contributed by atoms with Crippen molar-refractivity contribution in [2.24, 2.45) is 11.3 Å². The molecule has 1 aromatic heterocycles. The lowest BCUT2D eigenvalue weighted by Gasteiger charge is -2.36. The molecular formula is C41H47FN6O8S. The van der Waals surface area contributed by atoms with Gasteiger partial charge in [0.1, 0.15) is 29.5 Å². The van der Waals surface area contributed by atoms with E-state index >= 15 is 0 Å². The second kappa shape index (κ2) is 15.2. The zero-order valence-corrected chi connectivity index (χ0v) is 32.9. The fourth-order valence-corrected chi connectivity index (χ4v) is 8.82. The van der Waals surface area contributed by atoms with Crippen LogP contribution in [0, 0.1) is 17.2 Å². The summed E-state index contributed by atoms with van der Waals surface area (Å²) in [6.07, 6.45) is 3.57. The first-order valence-electron chi connectivity index (χ1n) is 19.2. The van der Waals surface area contributed by atoms with Crippen molar-refractivity contribution in [1.82, 2.24) is 30.0 Å². The SMILES string of the molecule is C=C[C@@H]1C[C@]1(NC(=O)[C@@H]1C[C@@H](n2nc(-c3ccccc3)cc(-c3ccc(F)cc3)c2=O)CN1C(=O)[C@@H](NC(=O)OC1CCC1)C(C)(C)C)C(=O)NS(=O)(=O)C1CC1. The van der Waals surface area contributed by atoms with Crippen LogP contribution in [0.1, 0.15) is 71.8 Å². The average Bonchev–Trinajstić information content (AvgIpc) is 4.08. The Morgan fingerprint density at radius 1 is 1.02 bits per heavy atom. The molecule has 4 fully saturated rings. The number of aromatic nitrogens is 2. The molecule has 2 heterocycles. The Kier molecular flexibility index (Phi) is 10.6. The van der Waals surface area contributed by atoms with E-state index < -0.39 is 85.5 Å². The zero-order valence-electron chi connectivity index (χ0n) is 32.1. The number of carbonyl (C=O) groups is 4. The summed E-state index contributed by atoms with van der Waals surface area (Å²) >= 11 is 0. The van der Waals surface area contributed by atoms with E-state index in [9.17, 15) is 36.8 Å². The number of sulfonamides is 1. The smallest absolute Gasteiger partial charge is 0.408 e. The van der Waals surface area contributed by atoms with Crippen molar-refractivity contribution in [2.75, 3.05) is 6.54 Å². The van der Waals surface area contributed by atoms with Crippen LogP contribution in [0.5, 0.6) is 0 Å². The summed E-state index contributed by atoms with van der Waals surface area (Å²) in [6.45, 7) is 8.84. The minimum atomic E-state index is -3.96. The fourth-order valence-electron chi connectivity index (χ4n) is 7.45. The van der Waals surface area contributed by atoms with Crippen molar-refractivity contribution in [1.29, 1.82) is 0 Å². The molecule has 1 saturated heterocycles. The number of rotatable bonds is 12. The van der Waals surface area contributed by atoms with Gasteiger partial charge in [-0.3, -0.25) is 23.9 Å². The Morgan fingerprint density at radius 2 is 1.70 bits per heavy atom. The summed E-state index contributed by atoms with van der Waals surface area (Å²) in [7, 11) is -3.96. The van der Waals surface area contributed by atoms with Crippen LogP contribution in [0.3, 0.4) is 0 Å². The molecular weight excluding hydrogens is 756 g/mol. The monoisotopic (exact) mass is 802 g/mol. The number of halogens is 1. The van der Waals surface area contributed by atoms with E-state index in [0.29, 0.717) is 42.5 Å². The van der Waals surface area contributed by atoms with E-state index in [2.05, 4.69) is 21.9 Å². The maximum Gasteiger partial charge on any atom is 0.408 e. The van der Waals surface area contributed by atoms with Crippen LogP contribution >= 0.6 is 0 Å². The standard InChI is InChI=1S/C41H47FN6O8S/c1-5-26-22-41(26,38(52)46-57(54,55)30-18-19-30)44-35(49)33-20-28(23-47(33)37(51)34(40(2,3)4)43-39(53)56-29-12-9-13-29)48-36(50)31(24-14-16-27(42)17-15-24)21-32(45-48)25-10-7-6-8-11-25/h5-8,10-11,14-17,21,26,28-30,33-34H,1,9,12-13,18-20,22-23H2,2-4H3,(H,43,53)(H,44,49)(H,46,52)/t26-,28-,33+,34-,41-/m1/s1. The van der Waals surface area contributed by atoms with E-state index in [1.54, 1.807) is 26.8 Å². The highest BCUT2D eigenvalue weighted by atomic mass is 32.2. The Labute approximate surface area is 330 Å². The number of hydrogen-bond donors (Lipinski definition) is 3. The average molecular weight is 803 g/mol. The van der Waals surface area contributed by atoms with Gasteiger partial charge in [-0.1, -0.05) is 69.3 Å². The molecule has 0 radical (unpaired) electrons. The molecule has 4 amide bonds. The van der Waals surface area contributed by atoms with Crippen molar-refractivity contribution in [3.8, 4) is 22.4 Å². The number of ether oxygens (including phenoxy) is 1. The van der Waals surface area contributed by atoms with E-state index in [1.165, 1.54) is 39.9 Å². The molecule has 0 bridgehead atoms. The van der Waals surface area contributed by atoms with Crippen LogP contribution in [0.25, 0.3) is 22.4 Å². The van der Waals surface area contributed by atoms with Crippen molar-refractivity contribution in [3.05, 3.63) is 89.5 Å². The maximum atomic E-state index is 14.7. The molecule has 5 atom stereocenters. The summed E-state index contributed by atoms with van der Waals surface area (Å²) in [4.78, 5) is 71.6. The van der Waals surface area contributed by atoms with Crippen LogP contribution in [-0.4, -0.2) is 82.4 Å². The Hall–Kier alpha value is -5.38. The van der Waals surface area contributed by atoms with Crippen LogP contribution < -0.4 is 20.9 Å². The summed E-state index contributed by atoms with van der Waals surface area (Å²) in [6, 6.07) is 12.8. The minimum absolute atomic E-state index is 0.0820. The number of likely N-dealkylation sites (tertiary alicyclic amines) is 1. The van der Waals surface area contributed by atoms with Crippen LogP contribution in [0.4, 0.5) is 9.18 Å². The summed E-state index contributed by atoms with van der Waals surface area (Å²) in [5.41, 5.74) is -1.35. The normalized spacial score (nSPS) is 23.8. The van der Waals surface area contributed by atoms with Crippen LogP contribution in [-0.2, 0) is 29.1 Å². The first kappa shape index (κ1) is 39.8. The third kappa shape index (κ3) is 8.22. The van der Waals surface area contributed by atoms with E-state index in [0.717, 1.165) is 6.42 Å². The van der Waals surface area contributed by atoms with Crippen molar-refractivity contribution < 1.29 is 36.7 Å². The van der Waals surface area contributed by atoms with Gasteiger partial charge in [0.2, 0.25) is 21.8 Å². The molecule has 3 aliphatic carbocycles. The second-order valence-electron chi connectivity index (χ2n) is 16.5. The highest BCUT2D eigenvalue weighted by molar-refractivity contribution is 7.91. The number of nitrogens with zero attached hydrogens (tertiary/aromatic N) is 3. The van der Waals surface area contributed by atoms with E-state index in [-0.39, 0.29) is 31.1 Å². The molecule has 3 aromatic rings. The van der Waals surface area contributed by atoms with Crippen molar-refractivity contribution in [3.63, 3.8) is 0 Å². The number of alkyl carbamates (subject to hydrolysis) is 1. The Bertz CT molecular complexity index is 2250. The van der Waals surface area contributed by atoms with Gasteiger partial charge >= 0.3 is 6.09 Å². The molecule has 302 valence electrons. The van der Waals surface area contributed by atoms with Gasteiger partial charge < -0.3 is 20.3 Å². The number of nitrogens with one attached hydrogen (secondary N) is 3. The van der Waals surface area contributed by atoms with Gasteiger partial charge in [-0.05, 0) is 67.7 Å². The Balaban J connectivity index is 1.26. The fraction of sp³-hybridized carbons (Fsp3) is 0.463. The molecule has 3 saturated carbocycles. The molecule has 0 spiro atoms. The molecule has 3 N–H and O–H groups in total. The lowest BCUT2D eigenvalue weighted by molar-refractivity contribution is -0.142. The zero-order chi connectivity index (χ0) is 40.9. The van der Waals surface area contributed by atoms with Gasteiger partial charge in [0, 0.05) is 24.4 Å². The third-order valence-corrected chi connectivity index (χ3v) is 13.1. The largest absolute Gasteiger partial charge is 0.446 e. The molecule has 4 aliphatic rings. The molecule has 1 aliphatic heterocycles. The second-order valence-corrected chi connectivity index (χ2v) is 18.5. The van der Waals surface area contributed by atoms with Gasteiger partial charge in [0.05, 0.1) is 22.5 Å². The van der Waals surface area contributed by atoms with E-state index in [1.807, 2.05) is 30.3 Å². The van der Waals surface area contributed by atoms with Gasteiger partial charge in [-0.25, -0.2) is 22.3 Å². The first-order chi connectivity index (χ1) is 27.0. The van der Waals surface area contributed by atoms with Gasteiger partial charge in [0.25, 0.3) is 11.5 Å². The first-order valence-corrected chi connectivity index (χ1v) is 20.8. The van der Waals surface area contributed by atoms with Crippen molar-refractivity contribution >= 4 is 33.8 Å². The van der Waals surface area contributed by atoms with Crippen LogP contribution in [0.2, 0.25) is 0 Å². The highest BCUT2D eigenvalue weighted by Crippen LogP contribution is 2.46. The van der Waals surface area contributed by atoms with Crippen molar-refractivity contribution in [2.45, 2.75) is 101 Å². The lowest BCUT2D eigenvalue weighted by atomic mass is 9.85. The Morgan fingerprint density at radius 3 is 2.28 bits per heavy atom. The molecule has 0 unspecified atom stereocenters. The van der Waals surface area contributed by atoms with E-state index in [4.69, 9.17) is 9.84 Å². The summed E-state index contributed by atoms with van der Waals surface area (Å²) < 4.78 is 48.5. The van der Waals surface area contributed by atoms with Gasteiger partial charge in [-0.15, -0.1) is 6.58 Å². The molecule has 57 heavy (non-hydrogen) atoms. The minimum Gasteiger partial charge on any atom is -0.446 e. The van der Waals surface area contributed by atoms with Crippen LogP contribution in [0.15, 0.2) is 78.1 Å². The predicted octanol–water partition coefficient (Wildman–Crippen LogP) is 4.22. The molecule has 7 rings (SSSR count). The number of hydrogen-bond acceptors (Lipinski definition) is 9. The van der Waals surface area contributed by atoms with Gasteiger partial charge in [0.15, 0.2) is 0 Å². The summed E-state index contributed by atoms with van der Waals surface area (Å²) in [5.74, 6) is -3.37. The highest BCUT2D eigenvalue weighted by Gasteiger charge is 2.62. The third-order valence-electron chi connectivity index (χ3n) is 11.3. The number of benzene rings is 2. The lowest BCUT2D eigenvalue weighted by Crippen LogP contribution is -2.60. The maximum absolute atomic E-state index is 14.7. The predicted molar refractivity (Wildman–Crippen MR) is 208 cm³/mol. The molecule has 2 aromatic carbocycles.